The van der Waals surface area contributed by atoms with Gasteiger partial charge in [-0.3, -0.25) is 4.79 Å². The van der Waals surface area contributed by atoms with Crippen LogP contribution in [0.5, 0.6) is 5.75 Å². The summed E-state index contributed by atoms with van der Waals surface area (Å²) in [4.78, 5) is 28.2. The summed E-state index contributed by atoms with van der Waals surface area (Å²) in [6.45, 7) is 3.02. The van der Waals surface area contributed by atoms with Gasteiger partial charge >= 0.3 is 6.03 Å². The fraction of sp³-hybridized carbons (Fsp3) is 0.619. The average Bonchev–Trinajstić information content (AvgIpc) is 2.72. The Balaban J connectivity index is 1.24. The van der Waals surface area contributed by atoms with Gasteiger partial charge in [0.2, 0.25) is 0 Å². The third-order valence-corrected chi connectivity index (χ3v) is 6.14. The molecule has 1 aromatic carbocycles. The number of amides is 2. The maximum atomic E-state index is 13.7. The lowest BCUT2D eigenvalue weighted by atomic mass is 9.88. The number of urea groups is 1. The summed E-state index contributed by atoms with van der Waals surface area (Å²) < 4.78 is 37.7. The fourth-order valence-corrected chi connectivity index (χ4v) is 4.44. The van der Waals surface area contributed by atoms with E-state index in [9.17, 15) is 18.4 Å². The Kier molecular flexibility index (Phi) is 5.99. The minimum absolute atomic E-state index is 0.0189. The van der Waals surface area contributed by atoms with Crippen LogP contribution in [0.4, 0.5) is 13.6 Å². The van der Waals surface area contributed by atoms with Crippen molar-refractivity contribution in [1.29, 1.82) is 0 Å². The zero-order valence-corrected chi connectivity index (χ0v) is 16.3. The summed E-state index contributed by atoms with van der Waals surface area (Å²) in [5, 5.41) is 0. The highest BCUT2D eigenvalue weighted by molar-refractivity contribution is 5.81. The van der Waals surface area contributed by atoms with Crippen molar-refractivity contribution in [3.63, 3.8) is 0 Å². The molecule has 0 radical (unpaired) electrons. The van der Waals surface area contributed by atoms with E-state index < -0.39 is 11.6 Å². The highest BCUT2D eigenvalue weighted by atomic mass is 19.1. The quantitative estimate of drug-likeness (QED) is 0.772. The second-order valence-electron chi connectivity index (χ2n) is 8.19. The van der Waals surface area contributed by atoms with Gasteiger partial charge in [0.15, 0.2) is 17.3 Å². The minimum atomic E-state index is -0.703. The van der Waals surface area contributed by atoms with Crippen molar-refractivity contribution in [2.24, 2.45) is 11.8 Å². The predicted octanol–water partition coefficient (Wildman–Crippen LogP) is 2.86. The van der Waals surface area contributed by atoms with Crippen LogP contribution < -0.4 is 4.74 Å². The maximum absolute atomic E-state index is 13.7. The largest absolute Gasteiger partial charge is 0.490 e. The van der Waals surface area contributed by atoms with Crippen LogP contribution in [0.3, 0.4) is 0 Å². The number of piperidine rings is 2. The zero-order chi connectivity index (χ0) is 20.4. The molecule has 1 aromatic rings. The topological polar surface area (TPSA) is 59.1 Å². The van der Waals surface area contributed by atoms with Gasteiger partial charge in [0.25, 0.3) is 0 Å². The highest BCUT2D eigenvalue weighted by Crippen LogP contribution is 2.28. The summed E-state index contributed by atoms with van der Waals surface area (Å²) in [5.74, 6) is -0.846. The van der Waals surface area contributed by atoms with Crippen LogP contribution in [0.15, 0.2) is 18.2 Å². The number of nitrogens with zero attached hydrogens (tertiary/aromatic N) is 2. The van der Waals surface area contributed by atoms with Crippen molar-refractivity contribution >= 4 is 11.8 Å². The number of carbonyl (C=O) groups is 2. The third-order valence-electron chi connectivity index (χ3n) is 6.14. The molecule has 6 nitrogen and oxygen atoms in total. The van der Waals surface area contributed by atoms with Crippen molar-refractivity contribution in [3.05, 3.63) is 29.8 Å². The molecule has 8 heteroatoms. The lowest BCUT2D eigenvalue weighted by Crippen LogP contribution is -2.54. The van der Waals surface area contributed by atoms with Crippen LogP contribution in [0.1, 0.15) is 25.7 Å². The van der Waals surface area contributed by atoms with Gasteiger partial charge in [-0.2, -0.15) is 0 Å². The lowest BCUT2D eigenvalue weighted by Gasteiger charge is -2.43. The van der Waals surface area contributed by atoms with Gasteiger partial charge in [-0.25, -0.2) is 13.6 Å². The number of hydrogen-bond acceptors (Lipinski definition) is 4. The molecule has 3 fully saturated rings. The number of likely N-dealkylation sites (tertiary alicyclic amines) is 2. The van der Waals surface area contributed by atoms with Gasteiger partial charge in [-0.1, -0.05) is 0 Å². The number of carbonyl (C=O) groups excluding carboxylic acids is 2. The van der Waals surface area contributed by atoms with Crippen LogP contribution in [-0.4, -0.2) is 67.1 Å². The molecular formula is C21H26F2N2O4. The fourth-order valence-electron chi connectivity index (χ4n) is 4.44. The van der Waals surface area contributed by atoms with Gasteiger partial charge in [0.05, 0.1) is 12.7 Å². The highest BCUT2D eigenvalue weighted by Gasteiger charge is 2.38. The van der Waals surface area contributed by atoms with E-state index in [1.165, 1.54) is 12.1 Å². The molecular weight excluding hydrogens is 382 g/mol. The average molecular weight is 408 g/mol. The molecule has 0 N–H and O–H groups in total. The van der Waals surface area contributed by atoms with Crippen LogP contribution in [-0.2, 0) is 9.53 Å². The van der Waals surface area contributed by atoms with Crippen molar-refractivity contribution in [2.75, 3.05) is 39.4 Å². The molecule has 4 rings (SSSR count). The van der Waals surface area contributed by atoms with Crippen LogP contribution in [0.2, 0.25) is 0 Å². The van der Waals surface area contributed by atoms with Gasteiger partial charge in [0.1, 0.15) is 12.4 Å². The SMILES string of the molecule is O=C1CO[C@@H]2CCN(C(=O)N3CCC(COc4ccc(F)cc4F)CC3)C[C@@H]2C1. The van der Waals surface area contributed by atoms with E-state index in [1.54, 1.807) is 0 Å². The van der Waals surface area contributed by atoms with Crippen molar-refractivity contribution < 1.29 is 27.8 Å². The number of ketones is 1. The van der Waals surface area contributed by atoms with Gasteiger partial charge < -0.3 is 19.3 Å². The van der Waals surface area contributed by atoms with Gasteiger partial charge in [-0.05, 0) is 37.3 Å². The monoisotopic (exact) mass is 408 g/mol. The van der Waals surface area contributed by atoms with E-state index in [0.29, 0.717) is 39.2 Å². The third kappa shape index (κ3) is 4.69. The summed E-state index contributed by atoms with van der Waals surface area (Å²) in [7, 11) is 0. The Bertz CT molecular complexity index is 767. The normalized spacial score (nSPS) is 25.7. The standard InChI is InChI=1S/C21H26F2N2O4/c22-16-1-2-20(18(23)10-16)28-12-14-3-6-24(7-4-14)21(27)25-8-5-19-15(11-25)9-17(26)13-29-19/h1-2,10,14-15,19H,3-9,11-13H2/t15-,19+/m0/s1. The molecule has 0 unspecified atom stereocenters. The van der Waals surface area contributed by atoms with E-state index >= 15 is 0 Å². The summed E-state index contributed by atoms with van der Waals surface area (Å²) in [6.07, 6.45) is 2.91. The second kappa shape index (κ2) is 8.65. The summed E-state index contributed by atoms with van der Waals surface area (Å²) >= 11 is 0. The van der Waals surface area contributed by atoms with Crippen molar-refractivity contribution in [2.45, 2.75) is 31.8 Å². The van der Waals surface area contributed by atoms with Crippen molar-refractivity contribution in [1.82, 2.24) is 9.80 Å². The molecule has 2 atom stereocenters. The molecule has 0 aliphatic carbocycles. The maximum Gasteiger partial charge on any atom is 0.320 e. The van der Waals surface area contributed by atoms with Crippen molar-refractivity contribution in [3.8, 4) is 5.75 Å². The first-order valence-electron chi connectivity index (χ1n) is 10.2. The Morgan fingerprint density at radius 2 is 1.90 bits per heavy atom. The molecule has 2 amide bonds. The molecule has 0 aromatic heterocycles. The molecule has 3 aliphatic rings. The van der Waals surface area contributed by atoms with E-state index in [0.717, 1.165) is 25.3 Å². The van der Waals surface area contributed by atoms with Crippen LogP contribution in [0, 0.1) is 23.5 Å². The minimum Gasteiger partial charge on any atom is -0.490 e. The predicted molar refractivity (Wildman–Crippen MR) is 101 cm³/mol. The molecule has 0 bridgehead atoms. The van der Waals surface area contributed by atoms with Crippen LogP contribution >= 0.6 is 0 Å². The number of rotatable bonds is 3. The first kappa shape index (κ1) is 20.1. The molecule has 3 aliphatic heterocycles. The zero-order valence-electron chi connectivity index (χ0n) is 16.3. The van der Waals surface area contributed by atoms with Gasteiger partial charge in [-0.15, -0.1) is 0 Å². The molecule has 0 saturated carbocycles. The Morgan fingerprint density at radius 1 is 1.14 bits per heavy atom. The van der Waals surface area contributed by atoms with Gasteiger partial charge in [0, 0.05) is 44.6 Å². The molecule has 158 valence electrons. The summed E-state index contributed by atoms with van der Waals surface area (Å²) in [6, 6.07) is 3.30. The summed E-state index contributed by atoms with van der Waals surface area (Å²) in [5.41, 5.74) is 0. The molecule has 0 spiro atoms. The number of benzene rings is 1. The first-order valence-corrected chi connectivity index (χ1v) is 10.2. The number of Topliss-reactive ketones (excluding diaryl/α,β-unsaturated/α-hetero) is 1. The van der Waals surface area contributed by atoms with E-state index in [4.69, 9.17) is 9.47 Å². The van der Waals surface area contributed by atoms with E-state index in [-0.39, 0.29) is 42.1 Å². The van der Waals surface area contributed by atoms with E-state index in [2.05, 4.69) is 0 Å². The number of hydrogen-bond donors (Lipinski definition) is 0. The number of fused-ring (bicyclic) bond motifs is 1. The first-order chi connectivity index (χ1) is 14.0. The Morgan fingerprint density at radius 3 is 2.66 bits per heavy atom. The lowest BCUT2D eigenvalue weighted by molar-refractivity contribution is -0.140. The van der Waals surface area contributed by atoms with E-state index in [1.807, 2.05) is 9.80 Å². The Hall–Kier alpha value is -2.22. The number of halogens is 2. The molecule has 29 heavy (non-hydrogen) atoms. The smallest absolute Gasteiger partial charge is 0.320 e. The Labute approximate surface area is 168 Å². The molecule has 3 saturated heterocycles. The van der Waals surface area contributed by atoms with Crippen LogP contribution in [0.25, 0.3) is 0 Å². The molecule has 3 heterocycles. The second-order valence-corrected chi connectivity index (χ2v) is 8.19. The number of ether oxygens (including phenoxy) is 2.